The lowest BCUT2D eigenvalue weighted by Crippen LogP contribution is -2.37. The molecule has 3 N–H and O–H groups in total. The molecule has 1 saturated carbocycles. The zero-order chi connectivity index (χ0) is 17.6. The number of nitrogens with two attached hydrogens (primary N) is 1. The number of nitrogens with zero attached hydrogens (tertiary/aromatic N) is 1. The van der Waals surface area contributed by atoms with Crippen LogP contribution in [0.1, 0.15) is 31.2 Å². The molecule has 2 atom stereocenters. The lowest BCUT2D eigenvalue weighted by atomic mass is 9.85. The fourth-order valence-corrected chi connectivity index (χ4v) is 3.09. The second kappa shape index (κ2) is 8.07. The van der Waals surface area contributed by atoms with Crippen molar-refractivity contribution in [1.82, 2.24) is 10.3 Å². The molecule has 2 aromatic rings. The predicted molar refractivity (Wildman–Crippen MR) is 92.5 cm³/mol. The molecule has 1 amide bonds. The largest absolute Gasteiger partial charge is 0.439 e. The van der Waals surface area contributed by atoms with Crippen molar-refractivity contribution in [3.63, 3.8) is 0 Å². The van der Waals surface area contributed by atoms with Gasteiger partial charge in [0, 0.05) is 36.3 Å². The lowest BCUT2D eigenvalue weighted by Gasteiger charge is -2.25. The molecule has 1 aromatic carbocycles. The molecule has 1 aromatic heterocycles. The summed E-state index contributed by atoms with van der Waals surface area (Å²) < 4.78 is 19.0. The molecule has 3 rings (SSSR count). The minimum atomic E-state index is -0.378. The van der Waals surface area contributed by atoms with E-state index in [1.165, 1.54) is 12.1 Å². The number of hydrogen-bond acceptors (Lipinski definition) is 4. The number of pyridine rings is 1. The molecule has 1 aliphatic rings. The SMILES string of the molecule is NC1CCCC(C(=O)NCc2cccnc2Oc2cccc(F)c2)C1. The van der Waals surface area contributed by atoms with Crippen LogP contribution in [0, 0.1) is 11.7 Å². The topological polar surface area (TPSA) is 77.2 Å². The van der Waals surface area contributed by atoms with Gasteiger partial charge in [0.2, 0.25) is 11.8 Å². The van der Waals surface area contributed by atoms with E-state index in [0.717, 1.165) is 31.2 Å². The van der Waals surface area contributed by atoms with Gasteiger partial charge in [-0.2, -0.15) is 0 Å². The van der Waals surface area contributed by atoms with E-state index in [0.29, 0.717) is 18.2 Å². The van der Waals surface area contributed by atoms with E-state index in [-0.39, 0.29) is 23.7 Å². The van der Waals surface area contributed by atoms with Gasteiger partial charge in [0.25, 0.3) is 0 Å². The molecule has 0 saturated heterocycles. The van der Waals surface area contributed by atoms with E-state index in [2.05, 4.69) is 10.3 Å². The highest BCUT2D eigenvalue weighted by atomic mass is 19.1. The van der Waals surface area contributed by atoms with Crippen molar-refractivity contribution in [2.75, 3.05) is 0 Å². The summed E-state index contributed by atoms with van der Waals surface area (Å²) in [7, 11) is 0. The Morgan fingerprint density at radius 2 is 2.20 bits per heavy atom. The molecule has 1 fully saturated rings. The normalized spacial score (nSPS) is 20.1. The number of aromatic nitrogens is 1. The van der Waals surface area contributed by atoms with Gasteiger partial charge in [-0.1, -0.05) is 18.6 Å². The summed E-state index contributed by atoms with van der Waals surface area (Å²) in [5.41, 5.74) is 6.69. The lowest BCUT2D eigenvalue weighted by molar-refractivity contribution is -0.126. The van der Waals surface area contributed by atoms with Crippen LogP contribution in [0.2, 0.25) is 0 Å². The standard InChI is InChI=1S/C19H22FN3O2/c20-15-6-2-8-17(11-15)25-19-14(5-3-9-22-19)12-23-18(24)13-4-1-7-16(21)10-13/h2-3,5-6,8-9,11,13,16H,1,4,7,10,12,21H2,(H,23,24). The van der Waals surface area contributed by atoms with Gasteiger partial charge in [0.1, 0.15) is 11.6 Å². The Balaban J connectivity index is 1.63. The first-order chi connectivity index (χ1) is 12.1. The number of hydrogen-bond donors (Lipinski definition) is 2. The van der Waals surface area contributed by atoms with Crippen molar-refractivity contribution < 1.29 is 13.9 Å². The zero-order valence-corrected chi connectivity index (χ0v) is 14.0. The zero-order valence-electron chi connectivity index (χ0n) is 14.0. The van der Waals surface area contributed by atoms with Gasteiger partial charge < -0.3 is 15.8 Å². The average Bonchev–Trinajstić information content (AvgIpc) is 2.61. The maximum absolute atomic E-state index is 13.3. The van der Waals surface area contributed by atoms with E-state index < -0.39 is 0 Å². The van der Waals surface area contributed by atoms with Gasteiger partial charge in [-0.15, -0.1) is 0 Å². The van der Waals surface area contributed by atoms with Crippen LogP contribution in [-0.4, -0.2) is 16.9 Å². The summed E-state index contributed by atoms with van der Waals surface area (Å²) in [6.45, 7) is 0.309. The second-order valence-electron chi connectivity index (χ2n) is 6.37. The van der Waals surface area contributed by atoms with E-state index in [9.17, 15) is 9.18 Å². The number of halogens is 1. The van der Waals surface area contributed by atoms with Crippen LogP contribution >= 0.6 is 0 Å². The average molecular weight is 343 g/mol. The Morgan fingerprint density at radius 3 is 3.00 bits per heavy atom. The molecule has 0 aliphatic heterocycles. The minimum absolute atomic E-state index is 0.00992. The van der Waals surface area contributed by atoms with Crippen LogP contribution in [0.4, 0.5) is 4.39 Å². The first kappa shape index (κ1) is 17.4. The highest BCUT2D eigenvalue weighted by Gasteiger charge is 2.25. The Kier molecular flexibility index (Phi) is 5.60. The van der Waals surface area contributed by atoms with Gasteiger partial charge >= 0.3 is 0 Å². The number of benzene rings is 1. The van der Waals surface area contributed by atoms with Crippen molar-refractivity contribution in [3.8, 4) is 11.6 Å². The van der Waals surface area contributed by atoms with Crippen molar-refractivity contribution >= 4 is 5.91 Å². The highest BCUT2D eigenvalue weighted by molar-refractivity contribution is 5.78. The Bertz CT molecular complexity index is 738. The smallest absolute Gasteiger partial charge is 0.224 e. The first-order valence-corrected chi connectivity index (χ1v) is 8.52. The summed E-state index contributed by atoms with van der Waals surface area (Å²) in [4.78, 5) is 16.5. The van der Waals surface area contributed by atoms with Crippen molar-refractivity contribution in [3.05, 3.63) is 54.0 Å². The molecule has 1 heterocycles. The summed E-state index contributed by atoms with van der Waals surface area (Å²) in [6, 6.07) is 9.58. The van der Waals surface area contributed by atoms with E-state index in [1.54, 1.807) is 24.4 Å². The third-order valence-corrected chi connectivity index (χ3v) is 4.40. The van der Waals surface area contributed by atoms with Crippen LogP contribution < -0.4 is 15.8 Å². The summed E-state index contributed by atoms with van der Waals surface area (Å²) in [5, 5.41) is 2.94. The van der Waals surface area contributed by atoms with Crippen molar-refractivity contribution in [1.29, 1.82) is 0 Å². The third kappa shape index (κ3) is 4.76. The number of carbonyl (C=O) groups is 1. The highest BCUT2D eigenvalue weighted by Crippen LogP contribution is 2.25. The molecule has 0 spiro atoms. The van der Waals surface area contributed by atoms with Gasteiger partial charge in [-0.05, 0) is 37.5 Å². The fraction of sp³-hybridized carbons (Fsp3) is 0.368. The van der Waals surface area contributed by atoms with Crippen LogP contribution in [0.5, 0.6) is 11.6 Å². The van der Waals surface area contributed by atoms with Crippen molar-refractivity contribution in [2.45, 2.75) is 38.3 Å². The Hall–Kier alpha value is -2.47. The van der Waals surface area contributed by atoms with E-state index >= 15 is 0 Å². The van der Waals surface area contributed by atoms with E-state index in [4.69, 9.17) is 10.5 Å². The maximum atomic E-state index is 13.3. The Labute approximate surface area is 146 Å². The van der Waals surface area contributed by atoms with Gasteiger partial charge in [-0.3, -0.25) is 4.79 Å². The van der Waals surface area contributed by atoms with Crippen LogP contribution in [0.15, 0.2) is 42.6 Å². The van der Waals surface area contributed by atoms with Crippen LogP contribution in [0.25, 0.3) is 0 Å². The van der Waals surface area contributed by atoms with Gasteiger partial charge in [0.15, 0.2) is 0 Å². The first-order valence-electron chi connectivity index (χ1n) is 8.52. The summed E-state index contributed by atoms with van der Waals surface area (Å²) in [6.07, 6.45) is 5.17. The number of nitrogens with one attached hydrogen (secondary N) is 1. The van der Waals surface area contributed by atoms with Crippen LogP contribution in [-0.2, 0) is 11.3 Å². The minimum Gasteiger partial charge on any atom is -0.439 e. The quantitative estimate of drug-likeness (QED) is 0.874. The fourth-order valence-electron chi connectivity index (χ4n) is 3.09. The molecular formula is C19H22FN3O2. The molecule has 1 aliphatic carbocycles. The molecular weight excluding hydrogens is 321 g/mol. The second-order valence-corrected chi connectivity index (χ2v) is 6.37. The number of amides is 1. The van der Waals surface area contributed by atoms with Crippen molar-refractivity contribution in [2.24, 2.45) is 11.7 Å². The predicted octanol–water partition coefficient (Wildman–Crippen LogP) is 3.15. The number of ether oxygens (including phenoxy) is 1. The van der Waals surface area contributed by atoms with Gasteiger partial charge in [0.05, 0.1) is 0 Å². The molecule has 5 nitrogen and oxygen atoms in total. The van der Waals surface area contributed by atoms with Gasteiger partial charge in [-0.25, -0.2) is 9.37 Å². The monoisotopic (exact) mass is 343 g/mol. The van der Waals surface area contributed by atoms with E-state index in [1.807, 2.05) is 6.07 Å². The maximum Gasteiger partial charge on any atom is 0.224 e. The summed E-state index contributed by atoms with van der Waals surface area (Å²) in [5.74, 6) is 0.318. The third-order valence-electron chi connectivity index (χ3n) is 4.40. The van der Waals surface area contributed by atoms with Crippen LogP contribution in [0.3, 0.4) is 0 Å². The molecule has 6 heteroatoms. The number of carbonyl (C=O) groups excluding carboxylic acids is 1. The summed E-state index contributed by atoms with van der Waals surface area (Å²) >= 11 is 0. The molecule has 2 unspecified atom stereocenters. The molecule has 0 bridgehead atoms. The Morgan fingerprint density at radius 1 is 1.32 bits per heavy atom. The number of rotatable bonds is 5. The molecule has 25 heavy (non-hydrogen) atoms. The molecule has 132 valence electrons. The molecule has 0 radical (unpaired) electrons.